The predicted molar refractivity (Wildman–Crippen MR) is 107 cm³/mol. The van der Waals surface area contributed by atoms with Gasteiger partial charge in [0.1, 0.15) is 0 Å². The van der Waals surface area contributed by atoms with Gasteiger partial charge in [-0.25, -0.2) is 4.79 Å². The number of rotatable bonds is 5. The smallest absolute Gasteiger partial charge is 0.340 e. The van der Waals surface area contributed by atoms with Crippen LogP contribution in [0.15, 0.2) is 30.8 Å². The minimum Gasteiger partial charge on any atom is -0.462 e. The Bertz CT molecular complexity index is 810. The van der Waals surface area contributed by atoms with Crippen LogP contribution in [-0.4, -0.2) is 17.1 Å². The number of esters is 1. The van der Waals surface area contributed by atoms with E-state index in [0.717, 1.165) is 16.9 Å². The van der Waals surface area contributed by atoms with Crippen LogP contribution < -0.4 is 0 Å². The fraction of sp³-hybridized carbons (Fsp3) is 0.435. The Kier molecular flexibility index (Phi) is 5.65. The molecule has 3 heteroatoms. The van der Waals surface area contributed by atoms with Crippen LogP contribution in [0.5, 0.6) is 0 Å². The third kappa shape index (κ3) is 3.48. The van der Waals surface area contributed by atoms with Gasteiger partial charge < -0.3 is 9.30 Å². The lowest BCUT2D eigenvalue weighted by Gasteiger charge is -2.22. The number of carbonyl (C=O) groups is 1. The van der Waals surface area contributed by atoms with Gasteiger partial charge in [0, 0.05) is 11.4 Å². The molecule has 2 aromatic rings. The fourth-order valence-corrected chi connectivity index (χ4v) is 4.23. The van der Waals surface area contributed by atoms with Gasteiger partial charge in [-0.05, 0) is 68.9 Å². The Balaban J connectivity index is 2.12. The van der Waals surface area contributed by atoms with Crippen LogP contribution in [0.1, 0.15) is 77.8 Å². The van der Waals surface area contributed by atoms with E-state index in [-0.39, 0.29) is 5.97 Å². The largest absolute Gasteiger partial charge is 0.462 e. The first kappa shape index (κ1) is 18.5. The Hall–Kier alpha value is -2.29. The highest BCUT2D eigenvalue weighted by Crippen LogP contribution is 2.37. The summed E-state index contributed by atoms with van der Waals surface area (Å²) in [7, 11) is 0. The molecule has 1 aliphatic carbocycles. The molecule has 3 nitrogen and oxygen atoms in total. The van der Waals surface area contributed by atoms with Crippen LogP contribution in [0.4, 0.5) is 0 Å². The molecular formula is C23H29NO2. The molecule has 1 aromatic carbocycles. The zero-order valence-electron chi connectivity index (χ0n) is 16.2. The van der Waals surface area contributed by atoms with E-state index < -0.39 is 0 Å². The number of ether oxygens (including phenoxy) is 1. The van der Waals surface area contributed by atoms with Gasteiger partial charge in [-0.2, -0.15) is 0 Å². The lowest BCUT2D eigenvalue weighted by Crippen LogP contribution is -2.12. The average Bonchev–Trinajstić information content (AvgIpc) is 2.96. The summed E-state index contributed by atoms with van der Waals surface area (Å²) in [6.45, 7) is 10.4. The second kappa shape index (κ2) is 7.94. The highest BCUT2D eigenvalue weighted by molar-refractivity contribution is 5.94. The van der Waals surface area contributed by atoms with Crippen LogP contribution in [0.25, 0.3) is 11.8 Å². The SMILES string of the molecule is C=Cc1ccc(C(=O)OCC)c(-n2c(C)cc(C3CCCCC3)c2C)c1. The molecule has 1 aliphatic rings. The molecular weight excluding hydrogens is 322 g/mol. The lowest BCUT2D eigenvalue weighted by molar-refractivity contribution is 0.0526. The zero-order valence-corrected chi connectivity index (χ0v) is 16.2. The third-order valence-corrected chi connectivity index (χ3v) is 5.51. The van der Waals surface area contributed by atoms with Crippen molar-refractivity contribution in [3.63, 3.8) is 0 Å². The van der Waals surface area contributed by atoms with Crippen molar-refractivity contribution in [1.82, 2.24) is 4.57 Å². The van der Waals surface area contributed by atoms with E-state index >= 15 is 0 Å². The highest BCUT2D eigenvalue weighted by Gasteiger charge is 2.23. The van der Waals surface area contributed by atoms with E-state index in [9.17, 15) is 4.79 Å². The normalized spacial score (nSPS) is 15.0. The first-order chi connectivity index (χ1) is 12.6. The summed E-state index contributed by atoms with van der Waals surface area (Å²) < 4.78 is 7.50. The number of carbonyl (C=O) groups excluding carboxylic acids is 1. The minimum atomic E-state index is -0.273. The summed E-state index contributed by atoms with van der Waals surface area (Å²) in [5.41, 5.74) is 6.32. The first-order valence-electron chi connectivity index (χ1n) is 9.69. The van der Waals surface area contributed by atoms with Crippen molar-refractivity contribution in [2.24, 2.45) is 0 Å². The van der Waals surface area contributed by atoms with Gasteiger partial charge in [0.05, 0.1) is 17.9 Å². The van der Waals surface area contributed by atoms with Crippen molar-refractivity contribution in [3.05, 3.63) is 58.9 Å². The summed E-state index contributed by atoms with van der Waals surface area (Å²) in [4.78, 5) is 12.5. The zero-order chi connectivity index (χ0) is 18.7. The van der Waals surface area contributed by atoms with Crippen molar-refractivity contribution in [2.75, 3.05) is 6.61 Å². The molecule has 1 heterocycles. The maximum absolute atomic E-state index is 12.5. The highest BCUT2D eigenvalue weighted by atomic mass is 16.5. The molecule has 0 aliphatic heterocycles. The molecule has 3 rings (SSSR count). The molecule has 0 radical (unpaired) electrons. The Morgan fingerprint density at radius 2 is 1.96 bits per heavy atom. The number of hydrogen-bond donors (Lipinski definition) is 0. The average molecular weight is 351 g/mol. The Morgan fingerprint density at radius 1 is 1.23 bits per heavy atom. The van der Waals surface area contributed by atoms with Crippen LogP contribution in [0.2, 0.25) is 0 Å². The molecule has 26 heavy (non-hydrogen) atoms. The molecule has 0 atom stereocenters. The van der Waals surface area contributed by atoms with Gasteiger partial charge >= 0.3 is 5.97 Å². The van der Waals surface area contributed by atoms with Crippen molar-refractivity contribution >= 4 is 12.0 Å². The summed E-state index contributed by atoms with van der Waals surface area (Å²) in [6, 6.07) is 8.10. The Labute approximate surface area is 156 Å². The van der Waals surface area contributed by atoms with Crippen LogP contribution >= 0.6 is 0 Å². The standard InChI is InChI=1S/C23H29NO2/c1-5-18-12-13-20(23(25)26-6-2)22(15-18)24-16(3)14-21(17(24)4)19-10-8-7-9-11-19/h5,12-15,19H,1,6-11H2,2-4H3. The topological polar surface area (TPSA) is 31.2 Å². The second-order valence-electron chi connectivity index (χ2n) is 7.20. The molecule has 0 N–H and O–H groups in total. The van der Waals surface area contributed by atoms with E-state index in [4.69, 9.17) is 4.74 Å². The van der Waals surface area contributed by atoms with Crippen LogP contribution in [0.3, 0.4) is 0 Å². The summed E-state index contributed by atoms with van der Waals surface area (Å²) in [5.74, 6) is 0.363. The van der Waals surface area contributed by atoms with Crippen molar-refractivity contribution in [1.29, 1.82) is 0 Å². The number of hydrogen-bond acceptors (Lipinski definition) is 2. The van der Waals surface area contributed by atoms with E-state index in [2.05, 4.69) is 31.1 Å². The quantitative estimate of drug-likeness (QED) is 0.622. The van der Waals surface area contributed by atoms with E-state index in [0.29, 0.717) is 18.1 Å². The summed E-state index contributed by atoms with van der Waals surface area (Å²) in [5, 5.41) is 0. The van der Waals surface area contributed by atoms with E-state index in [1.54, 1.807) is 0 Å². The van der Waals surface area contributed by atoms with Gasteiger partial charge in [0.2, 0.25) is 0 Å². The van der Waals surface area contributed by atoms with E-state index in [1.807, 2.05) is 31.2 Å². The molecule has 0 spiro atoms. The molecule has 0 bridgehead atoms. The van der Waals surface area contributed by atoms with Crippen LogP contribution in [0, 0.1) is 13.8 Å². The number of benzene rings is 1. The number of aromatic nitrogens is 1. The van der Waals surface area contributed by atoms with Gasteiger partial charge in [-0.3, -0.25) is 0 Å². The van der Waals surface area contributed by atoms with E-state index in [1.165, 1.54) is 43.4 Å². The van der Waals surface area contributed by atoms with Gasteiger partial charge in [0.25, 0.3) is 0 Å². The monoisotopic (exact) mass is 351 g/mol. The molecule has 1 fully saturated rings. The minimum absolute atomic E-state index is 0.273. The van der Waals surface area contributed by atoms with Crippen molar-refractivity contribution in [3.8, 4) is 5.69 Å². The molecule has 1 saturated carbocycles. The Morgan fingerprint density at radius 3 is 2.62 bits per heavy atom. The molecule has 0 amide bonds. The van der Waals surface area contributed by atoms with Gasteiger partial charge in [0.15, 0.2) is 0 Å². The summed E-state index contributed by atoms with van der Waals surface area (Å²) in [6.07, 6.45) is 8.32. The predicted octanol–water partition coefficient (Wildman–Crippen LogP) is 5.96. The molecule has 0 unspecified atom stereocenters. The number of aryl methyl sites for hydroxylation is 1. The van der Waals surface area contributed by atoms with Crippen molar-refractivity contribution in [2.45, 2.75) is 58.8 Å². The van der Waals surface area contributed by atoms with Gasteiger partial charge in [-0.15, -0.1) is 0 Å². The van der Waals surface area contributed by atoms with Gasteiger partial charge in [-0.1, -0.05) is 38.0 Å². The van der Waals surface area contributed by atoms with Crippen LogP contribution in [-0.2, 0) is 4.74 Å². The van der Waals surface area contributed by atoms with Crippen molar-refractivity contribution < 1.29 is 9.53 Å². The molecule has 1 aromatic heterocycles. The number of nitrogens with zero attached hydrogens (tertiary/aromatic N) is 1. The molecule has 0 saturated heterocycles. The summed E-state index contributed by atoms with van der Waals surface area (Å²) >= 11 is 0. The maximum atomic E-state index is 12.5. The fourth-order valence-electron chi connectivity index (χ4n) is 4.23. The second-order valence-corrected chi connectivity index (χ2v) is 7.20. The molecule has 138 valence electrons. The third-order valence-electron chi connectivity index (χ3n) is 5.51. The lowest BCUT2D eigenvalue weighted by atomic mass is 9.84. The first-order valence-corrected chi connectivity index (χ1v) is 9.69. The maximum Gasteiger partial charge on any atom is 0.340 e.